The number of H-pyrrole nitrogens is 1. The molecule has 2 rings (SSSR count). The van der Waals surface area contributed by atoms with E-state index in [0.717, 1.165) is 5.69 Å². The summed E-state index contributed by atoms with van der Waals surface area (Å²) < 4.78 is 15.9. The van der Waals surface area contributed by atoms with Crippen LogP contribution in [0.5, 0.6) is 11.5 Å². The third-order valence-electron chi connectivity index (χ3n) is 4.40. The van der Waals surface area contributed by atoms with E-state index < -0.39 is 12.0 Å². The lowest BCUT2D eigenvalue weighted by atomic mass is 10.0. The van der Waals surface area contributed by atoms with Crippen molar-refractivity contribution in [2.45, 2.75) is 40.7 Å². The van der Waals surface area contributed by atoms with Gasteiger partial charge in [0.1, 0.15) is 0 Å². The number of benzene rings is 1. The second kappa shape index (κ2) is 9.30. The van der Waals surface area contributed by atoms with Gasteiger partial charge in [0.05, 0.1) is 37.6 Å². The maximum atomic E-state index is 12.9. The lowest BCUT2D eigenvalue weighted by Gasteiger charge is -2.16. The minimum absolute atomic E-state index is 0.149. The number of hydrogen-bond acceptors (Lipinski definition) is 6. The van der Waals surface area contributed by atoms with Gasteiger partial charge in [0.25, 0.3) is 0 Å². The number of carbonyl (C=O) groups is 2. The number of rotatable bonds is 9. The molecular formula is C21H28N2O5. The van der Waals surface area contributed by atoms with Crippen molar-refractivity contribution in [3.8, 4) is 11.5 Å². The van der Waals surface area contributed by atoms with Gasteiger partial charge in [0.2, 0.25) is 5.78 Å². The van der Waals surface area contributed by atoms with Crippen molar-refractivity contribution < 1.29 is 23.8 Å². The van der Waals surface area contributed by atoms with Crippen LogP contribution in [0.3, 0.4) is 0 Å². The van der Waals surface area contributed by atoms with Gasteiger partial charge in [-0.25, -0.2) is 4.79 Å². The number of Topliss-reactive ketones (excluding diaryl/α,β-unsaturated/α-hetero) is 1. The molecule has 1 atom stereocenters. The van der Waals surface area contributed by atoms with E-state index in [1.807, 2.05) is 13.0 Å². The highest BCUT2D eigenvalue weighted by atomic mass is 16.5. The molecule has 2 N–H and O–H groups in total. The highest BCUT2D eigenvalue weighted by Gasteiger charge is 2.25. The zero-order valence-electron chi connectivity index (χ0n) is 17.3. The quantitative estimate of drug-likeness (QED) is 0.500. The first-order chi connectivity index (χ1) is 13.3. The number of ketones is 1. The molecule has 2 aromatic rings. The summed E-state index contributed by atoms with van der Waals surface area (Å²) in [6.07, 6.45) is 0. The van der Waals surface area contributed by atoms with Crippen LogP contribution in [0, 0.1) is 13.8 Å². The summed E-state index contributed by atoms with van der Waals surface area (Å²) in [7, 11) is 1.57. The minimum Gasteiger partial charge on any atom is -0.493 e. The Morgan fingerprint density at radius 3 is 2.46 bits per heavy atom. The van der Waals surface area contributed by atoms with E-state index in [9.17, 15) is 9.59 Å². The molecule has 7 heteroatoms. The Hall–Kier alpha value is -2.96. The Morgan fingerprint density at radius 1 is 1.14 bits per heavy atom. The summed E-state index contributed by atoms with van der Waals surface area (Å²) in [6, 6.07) is 4.89. The average molecular weight is 388 g/mol. The monoisotopic (exact) mass is 388 g/mol. The van der Waals surface area contributed by atoms with Crippen molar-refractivity contribution in [1.82, 2.24) is 4.98 Å². The first-order valence-electron chi connectivity index (χ1n) is 9.31. The number of carbonyl (C=O) groups excluding carboxylic acids is 2. The molecule has 28 heavy (non-hydrogen) atoms. The molecule has 0 fully saturated rings. The SMILES string of the molecule is CCOC(=O)c1c(C)[nH]c(C(=O)[C@H](C)Nc2ccc(OCC)c(OC)c2)c1C. The third kappa shape index (κ3) is 4.47. The van der Waals surface area contributed by atoms with Crippen molar-refractivity contribution in [2.24, 2.45) is 0 Å². The number of hydrogen-bond donors (Lipinski definition) is 2. The van der Waals surface area contributed by atoms with Gasteiger partial charge in [-0.15, -0.1) is 0 Å². The molecule has 0 unspecified atom stereocenters. The summed E-state index contributed by atoms with van der Waals surface area (Å²) in [5.74, 6) is 0.654. The Morgan fingerprint density at radius 2 is 1.86 bits per heavy atom. The predicted octanol–water partition coefficient (Wildman–Crippen LogP) is 3.90. The van der Waals surface area contributed by atoms with Gasteiger partial charge >= 0.3 is 5.97 Å². The summed E-state index contributed by atoms with van der Waals surface area (Å²) >= 11 is 0. The number of nitrogens with one attached hydrogen (secondary N) is 2. The third-order valence-corrected chi connectivity index (χ3v) is 4.40. The van der Waals surface area contributed by atoms with Crippen LogP contribution in [0.25, 0.3) is 0 Å². The molecule has 0 saturated carbocycles. The van der Waals surface area contributed by atoms with Crippen LogP contribution in [0.1, 0.15) is 52.9 Å². The number of ether oxygens (including phenoxy) is 3. The van der Waals surface area contributed by atoms with Gasteiger partial charge in [-0.3, -0.25) is 4.79 Å². The fraction of sp³-hybridized carbons (Fsp3) is 0.429. The van der Waals surface area contributed by atoms with Crippen LogP contribution >= 0.6 is 0 Å². The Labute approximate surface area is 165 Å². The van der Waals surface area contributed by atoms with E-state index in [-0.39, 0.29) is 12.4 Å². The zero-order chi connectivity index (χ0) is 20.8. The fourth-order valence-corrected chi connectivity index (χ4v) is 3.07. The maximum Gasteiger partial charge on any atom is 0.340 e. The lowest BCUT2D eigenvalue weighted by molar-refractivity contribution is 0.0525. The van der Waals surface area contributed by atoms with Crippen molar-refractivity contribution in [1.29, 1.82) is 0 Å². The molecule has 152 valence electrons. The topological polar surface area (TPSA) is 89.7 Å². The first kappa shape index (κ1) is 21.3. The van der Waals surface area contributed by atoms with E-state index in [1.165, 1.54) is 0 Å². The lowest BCUT2D eigenvalue weighted by Crippen LogP contribution is -2.27. The molecule has 0 bridgehead atoms. The van der Waals surface area contributed by atoms with Gasteiger partial charge < -0.3 is 24.5 Å². The second-order valence-corrected chi connectivity index (χ2v) is 6.37. The van der Waals surface area contributed by atoms with Crippen LogP contribution in [-0.2, 0) is 4.74 Å². The van der Waals surface area contributed by atoms with Crippen LogP contribution in [0.2, 0.25) is 0 Å². The average Bonchev–Trinajstić information content (AvgIpc) is 2.96. The molecule has 0 amide bonds. The summed E-state index contributed by atoms with van der Waals surface area (Å²) in [5, 5.41) is 3.17. The van der Waals surface area contributed by atoms with E-state index in [0.29, 0.717) is 40.6 Å². The number of esters is 1. The van der Waals surface area contributed by atoms with Crippen LogP contribution < -0.4 is 14.8 Å². The molecule has 0 aliphatic carbocycles. The molecule has 1 aromatic carbocycles. The van der Waals surface area contributed by atoms with Gasteiger partial charge in [0.15, 0.2) is 11.5 Å². The number of aryl methyl sites for hydroxylation is 1. The normalized spacial score (nSPS) is 11.6. The standard InChI is InChI=1S/C21H28N2O5/c1-7-27-16-10-9-15(11-17(16)26-6)22-14(5)20(24)19-12(3)18(13(4)23-19)21(25)28-8-2/h9-11,14,22-23H,7-8H2,1-6H3/t14-/m0/s1. The van der Waals surface area contributed by atoms with E-state index >= 15 is 0 Å². The molecular weight excluding hydrogens is 360 g/mol. The van der Waals surface area contributed by atoms with Crippen LogP contribution in [0.15, 0.2) is 18.2 Å². The maximum absolute atomic E-state index is 12.9. The molecule has 1 aromatic heterocycles. The minimum atomic E-state index is -0.519. The van der Waals surface area contributed by atoms with Gasteiger partial charge in [-0.1, -0.05) is 0 Å². The molecule has 1 heterocycles. The molecule has 0 radical (unpaired) electrons. The van der Waals surface area contributed by atoms with Gasteiger partial charge in [-0.05, 0) is 52.3 Å². The zero-order valence-corrected chi connectivity index (χ0v) is 17.3. The van der Waals surface area contributed by atoms with E-state index in [1.54, 1.807) is 46.9 Å². The Bertz CT molecular complexity index is 857. The molecule has 7 nitrogen and oxygen atoms in total. The number of methoxy groups -OCH3 is 1. The smallest absolute Gasteiger partial charge is 0.340 e. The number of anilines is 1. The van der Waals surface area contributed by atoms with Crippen LogP contribution in [-0.4, -0.2) is 43.1 Å². The molecule has 0 aliphatic heterocycles. The van der Waals surface area contributed by atoms with Crippen molar-refractivity contribution in [3.63, 3.8) is 0 Å². The predicted molar refractivity (Wildman–Crippen MR) is 108 cm³/mol. The Balaban J connectivity index is 2.22. The van der Waals surface area contributed by atoms with Crippen molar-refractivity contribution >= 4 is 17.4 Å². The van der Waals surface area contributed by atoms with Gasteiger partial charge in [0, 0.05) is 17.4 Å². The molecule has 0 spiro atoms. The highest BCUT2D eigenvalue weighted by Crippen LogP contribution is 2.30. The van der Waals surface area contributed by atoms with Gasteiger partial charge in [-0.2, -0.15) is 0 Å². The van der Waals surface area contributed by atoms with Crippen molar-refractivity contribution in [3.05, 3.63) is 40.7 Å². The summed E-state index contributed by atoms with van der Waals surface area (Å²) in [4.78, 5) is 28.1. The van der Waals surface area contributed by atoms with E-state index in [4.69, 9.17) is 14.2 Å². The summed E-state index contributed by atoms with van der Waals surface area (Å²) in [5.41, 5.74) is 2.76. The van der Waals surface area contributed by atoms with E-state index in [2.05, 4.69) is 10.3 Å². The largest absolute Gasteiger partial charge is 0.493 e. The summed E-state index contributed by atoms with van der Waals surface area (Å²) in [6.45, 7) is 9.73. The van der Waals surface area contributed by atoms with Crippen molar-refractivity contribution in [2.75, 3.05) is 25.6 Å². The fourth-order valence-electron chi connectivity index (χ4n) is 3.07. The first-order valence-corrected chi connectivity index (χ1v) is 9.31. The van der Waals surface area contributed by atoms with Crippen LogP contribution in [0.4, 0.5) is 5.69 Å². The highest BCUT2D eigenvalue weighted by molar-refractivity contribution is 6.04. The molecule has 0 saturated heterocycles. The number of aromatic amines is 1. The Kier molecular flexibility index (Phi) is 7.09. The molecule has 0 aliphatic rings. The second-order valence-electron chi connectivity index (χ2n) is 6.37. The number of aromatic nitrogens is 1.